The zero-order valence-electron chi connectivity index (χ0n) is 18.0. The van der Waals surface area contributed by atoms with E-state index in [1.54, 1.807) is 42.5 Å². The van der Waals surface area contributed by atoms with E-state index in [0.29, 0.717) is 16.3 Å². The Morgan fingerprint density at radius 1 is 1.03 bits per heavy atom. The lowest BCUT2D eigenvalue weighted by atomic mass is 10.1. The molecule has 7 nitrogen and oxygen atoms in total. The number of hydrogen-bond acceptors (Lipinski definition) is 5. The summed E-state index contributed by atoms with van der Waals surface area (Å²) in [4.78, 5) is 24.6. The van der Waals surface area contributed by atoms with Gasteiger partial charge >= 0.3 is 0 Å². The van der Waals surface area contributed by atoms with Crippen LogP contribution in [-0.2, 0) is 9.59 Å². The summed E-state index contributed by atoms with van der Waals surface area (Å²) in [5.74, 6) is -1.21. The fraction of sp³-hybridized carbons (Fsp3) is 0.0800. The van der Waals surface area contributed by atoms with Crippen molar-refractivity contribution in [3.8, 4) is 17.6 Å². The first-order chi connectivity index (χ1) is 16.4. The van der Waals surface area contributed by atoms with E-state index in [1.807, 2.05) is 6.07 Å². The van der Waals surface area contributed by atoms with E-state index in [2.05, 4.69) is 10.6 Å². The van der Waals surface area contributed by atoms with Crippen molar-refractivity contribution in [2.75, 3.05) is 24.4 Å². The first-order valence-electron chi connectivity index (χ1n) is 9.94. The van der Waals surface area contributed by atoms with E-state index < -0.39 is 17.6 Å². The molecule has 3 aromatic carbocycles. The molecule has 0 heterocycles. The van der Waals surface area contributed by atoms with Crippen LogP contribution in [0.1, 0.15) is 5.56 Å². The van der Waals surface area contributed by atoms with Gasteiger partial charge in [0.2, 0.25) is 0 Å². The average molecular weight is 480 g/mol. The Morgan fingerprint density at radius 3 is 2.41 bits per heavy atom. The predicted octanol–water partition coefficient (Wildman–Crippen LogP) is 5.05. The number of anilines is 2. The minimum Gasteiger partial charge on any atom is -0.493 e. The molecule has 2 amide bonds. The lowest BCUT2D eigenvalue weighted by Crippen LogP contribution is -2.20. The molecule has 0 atom stereocenters. The highest BCUT2D eigenvalue weighted by atomic mass is 35.5. The zero-order chi connectivity index (χ0) is 24.5. The van der Waals surface area contributed by atoms with Crippen molar-refractivity contribution in [1.29, 1.82) is 5.26 Å². The quantitative estimate of drug-likeness (QED) is 0.348. The topological polar surface area (TPSA) is 100 Å². The number of rotatable bonds is 8. The Balaban J connectivity index is 1.69. The van der Waals surface area contributed by atoms with Gasteiger partial charge in [0, 0.05) is 0 Å². The van der Waals surface area contributed by atoms with Crippen LogP contribution in [0.3, 0.4) is 0 Å². The van der Waals surface area contributed by atoms with E-state index in [4.69, 9.17) is 21.1 Å². The maximum absolute atomic E-state index is 13.7. The lowest BCUT2D eigenvalue weighted by molar-refractivity contribution is -0.118. The van der Waals surface area contributed by atoms with Gasteiger partial charge in [-0.2, -0.15) is 5.26 Å². The predicted molar refractivity (Wildman–Crippen MR) is 127 cm³/mol. The summed E-state index contributed by atoms with van der Waals surface area (Å²) in [5.41, 5.74) is 0.763. The number of carbonyl (C=O) groups is 2. The second-order valence-corrected chi connectivity index (χ2v) is 7.24. The highest BCUT2D eigenvalue weighted by molar-refractivity contribution is 6.34. The Bertz CT molecular complexity index is 1290. The van der Waals surface area contributed by atoms with Crippen LogP contribution in [0.5, 0.6) is 11.5 Å². The molecule has 0 fully saturated rings. The van der Waals surface area contributed by atoms with E-state index in [-0.39, 0.29) is 29.4 Å². The fourth-order valence-electron chi connectivity index (χ4n) is 2.85. The van der Waals surface area contributed by atoms with E-state index >= 15 is 0 Å². The summed E-state index contributed by atoms with van der Waals surface area (Å²) in [7, 11) is 1.41. The molecule has 9 heteroatoms. The first-order valence-corrected chi connectivity index (χ1v) is 10.3. The minimum atomic E-state index is -0.625. The van der Waals surface area contributed by atoms with Gasteiger partial charge in [-0.1, -0.05) is 41.9 Å². The monoisotopic (exact) mass is 479 g/mol. The Hall–Kier alpha value is -4.35. The molecular formula is C25H19ClFN3O4. The number of halogens is 2. The van der Waals surface area contributed by atoms with Crippen LogP contribution in [0.2, 0.25) is 5.02 Å². The van der Waals surface area contributed by atoms with Gasteiger partial charge in [-0.3, -0.25) is 9.59 Å². The molecule has 2 N–H and O–H groups in total. The average Bonchev–Trinajstić information content (AvgIpc) is 2.84. The molecule has 0 saturated carbocycles. The Kier molecular flexibility index (Phi) is 8.21. The SMILES string of the molecule is COc1cc(C=C(C#N)C(=O)Nc2ccccc2Cl)ccc1OCC(=O)Nc1ccccc1F. The summed E-state index contributed by atoms with van der Waals surface area (Å²) in [6.45, 7) is -0.385. The van der Waals surface area contributed by atoms with Crippen molar-refractivity contribution >= 4 is 40.9 Å². The van der Waals surface area contributed by atoms with Crippen molar-refractivity contribution in [3.05, 3.63) is 88.7 Å². The molecule has 3 aromatic rings. The van der Waals surface area contributed by atoms with Crippen molar-refractivity contribution < 1.29 is 23.5 Å². The summed E-state index contributed by atoms with van der Waals surface area (Å²) < 4.78 is 24.5. The first kappa shape index (κ1) is 24.3. The third-order valence-corrected chi connectivity index (χ3v) is 4.82. The molecule has 0 aliphatic heterocycles. The van der Waals surface area contributed by atoms with Crippen molar-refractivity contribution in [2.45, 2.75) is 0 Å². The minimum absolute atomic E-state index is 0.0441. The second kappa shape index (κ2) is 11.5. The molecular weight excluding hydrogens is 461 g/mol. The maximum Gasteiger partial charge on any atom is 0.266 e. The number of nitrogens with one attached hydrogen (secondary N) is 2. The van der Waals surface area contributed by atoms with E-state index in [9.17, 15) is 19.2 Å². The summed E-state index contributed by atoms with van der Waals surface area (Å²) in [5, 5.41) is 14.8. The summed E-state index contributed by atoms with van der Waals surface area (Å²) in [6.07, 6.45) is 1.38. The van der Waals surface area contributed by atoms with Gasteiger partial charge in [0.25, 0.3) is 11.8 Å². The molecule has 172 valence electrons. The number of ether oxygens (including phenoxy) is 2. The smallest absolute Gasteiger partial charge is 0.266 e. The molecule has 0 radical (unpaired) electrons. The molecule has 0 aliphatic rings. The van der Waals surface area contributed by atoms with Gasteiger partial charge in [0.1, 0.15) is 17.5 Å². The molecule has 0 spiro atoms. The lowest BCUT2D eigenvalue weighted by Gasteiger charge is -2.12. The normalized spacial score (nSPS) is 10.7. The van der Waals surface area contributed by atoms with Crippen LogP contribution in [0.4, 0.5) is 15.8 Å². The standard InChI is InChI=1S/C25H19ClFN3O4/c1-33-23-13-16(12-17(14-28)25(32)30-20-8-4-2-6-18(20)26)10-11-22(23)34-15-24(31)29-21-9-5-3-7-19(21)27/h2-13H,15H2,1H3,(H,29,31)(H,30,32). The highest BCUT2D eigenvalue weighted by Gasteiger charge is 2.13. The Morgan fingerprint density at radius 2 is 1.74 bits per heavy atom. The van der Waals surface area contributed by atoms with Gasteiger partial charge in [-0.25, -0.2) is 4.39 Å². The van der Waals surface area contributed by atoms with Crippen LogP contribution in [-0.4, -0.2) is 25.5 Å². The van der Waals surface area contributed by atoms with E-state index in [0.717, 1.165) is 0 Å². The summed E-state index contributed by atoms with van der Waals surface area (Å²) in [6, 6.07) is 19.0. The number of para-hydroxylation sites is 2. The van der Waals surface area contributed by atoms with Crippen molar-refractivity contribution in [3.63, 3.8) is 0 Å². The maximum atomic E-state index is 13.7. The number of benzene rings is 3. The molecule has 34 heavy (non-hydrogen) atoms. The van der Waals surface area contributed by atoms with Gasteiger partial charge in [0.05, 0.1) is 23.5 Å². The van der Waals surface area contributed by atoms with Crippen LogP contribution >= 0.6 is 11.6 Å². The van der Waals surface area contributed by atoms with Gasteiger partial charge in [-0.15, -0.1) is 0 Å². The van der Waals surface area contributed by atoms with Crippen LogP contribution < -0.4 is 20.1 Å². The second-order valence-electron chi connectivity index (χ2n) is 6.83. The van der Waals surface area contributed by atoms with Crippen LogP contribution in [0.25, 0.3) is 6.08 Å². The number of nitrogens with zero attached hydrogens (tertiary/aromatic N) is 1. The van der Waals surface area contributed by atoms with Crippen molar-refractivity contribution in [1.82, 2.24) is 0 Å². The molecule has 0 unspecified atom stereocenters. The largest absolute Gasteiger partial charge is 0.493 e. The van der Waals surface area contributed by atoms with Crippen LogP contribution in [0.15, 0.2) is 72.3 Å². The molecule has 3 rings (SSSR count). The molecule has 0 bridgehead atoms. The van der Waals surface area contributed by atoms with Crippen molar-refractivity contribution in [2.24, 2.45) is 0 Å². The number of nitriles is 1. The molecule has 0 aliphatic carbocycles. The number of methoxy groups -OCH3 is 1. The number of carbonyl (C=O) groups excluding carboxylic acids is 2. The van der Waals surface area contributed by atoms with E-state index in [1.165, 1.54) is 37.5 Å². The Labute approximate surface area is 200 Å². The number of hydrogen-bond donors (Lipinski definition) is 2. The number of amides is 2. The highest BCUT2D eigenvalue weighted by Crippen LogP contribution is 2.29. The zero-order valence-corrected chi connectivity index (χ0v) is 18.7. The third kappa shape index (κ3) is 6.34. The van der Waals surface area contributed by atoms with Gasteiger partial charge < -0.3 is 20.1 Å². The van der Waals surface area contributed by atoms with Gasteiger partial charge in [0.15, 0.2) is 18.1 Å². The van der Waals surface area contributed by atoms with Gasteiger partial charge in [-0.05, 0) is 48.0 Å². The molecule has 0 saturated heterocycles. The molecule has 0 aromatic heterocycles. The fourth-order valence-corrected chi connectivity index (χ4v) is 3.04. The van der Waals surface area contributed by atoms with Crippen LogP contribution in [0, 0.1) is 17.1 Å². The third-order valence-electron chi connectivity index (χ3n) is 4.49. The summed E-state index contributed by atoms with van der Waals surface area (Å²) >= 11 is 6.04.